The molecule has 1 aromatic heterocycles. The number of hydrogen-bond acceptors (Lipinski definition) is 7. The maximum atomic E-state index is 12.0. The number of nitrogens with zero attached hydrogens (tertiary/aromatic N) is 3. The zero-order chi connectivity index (χ0) is 18.6. The Hall–Kier alpha value is -2.27. The number of carbonyl (C=O) groups is 1. The number of esters is 1. The highest BCUT2D eigenvalue weighted by molar-refractivity contribution is 6.44. The molecule has 25 heavy (non-hydrogen) atoms. The van der Waals surface area contributed by atoms with Crippen molar-refractivity contribution in [3.05, 3.63) is 44.2 Å². The van der Waals surface area contributed by atoms with Crippen molar-refractivity contribution in [1.82, 2.24) is 5.16 Å². The fourth-order valence-electron chi connectivity index (χ4n) is 1.83. The number of aromatic nitrogens is 1. The zero-order valence-corrected chi connectivity index (χ0v) is 15.3. The molecule has 2 rings (SSSR count). The van der Waals surface area contributed by atoms with E-state index in [-0.39, 0.29) is 44.4 Å². The number of anilines is 1. The minimum Gasteiger partial charge on any atom is -0.462 e. The molecule has 0 aliphatic rings. The van der Waals surface area contributed by atoms with Gasteiger partial charge in [-0.1, -0.05) is 40.0 Å². The Morgan fingerprint density at radius 2 is 2.04 bits per heavy atom. The first kappa shape index (κ1) is 19.1. The van der Waals surface area contributed by atoms with Gasteiger partial charge in [0.25, 0.3) is 0 Å². The highest BCUT2D eigenvalue weighted by atomic mass is 35.5. The molecule has 1 aromatic carbocycles. The second-order valence-electron chi connectivity index (χ2n) is 4.62. The Labute approximate surface area is 158 Å². The van der Waals surface area contributed by atoms with Gasteiger partial charge in [0.05, 0.1) is 33.1 Å². The van der Waals surface area contributed by atoms with Crippen LogP contribution >= 0.6 is 34.8 Å². The van der Waals surface area contributed by atoms with Crippen LogP contribution in [0.15, 0.2) is 21.8 Å². The molecule has 1 N–H and O–H groups in total. The molecule has 0 amide bonds. The molecular formula is C15H11Cl3N4O3. The average molecular weight is 402 g/mol. The van der Waals surface area contributed by atoms with Crippen LogP contribution in [-0.2, 0) is 4.74 Å². The normalized spacial score (nSPS) is 11.1. The molecule has 130 valence electrons. The smallest absolute Gasteiger partial charge is 0.344 e. The number of nitriles is 1. The molecule has 0 fully saturated rings. The predicted molar refractivity (Wildman–Crippen MR) is 94.4 cm³/mol. The summed E-state index contributed by atoms with van der Waals surface area (Å²) in [5.41, 5.74) is 3.00. The van der Waals surface area contributed by atoms with Gasteiger partial charge in [0.2, 0.25) is 11.5 Å². The number of benzene rings is 1. The molecule has 1 heterocycles. The van der Waals surface area contributed by atoms with Gasteiger partial charge in [0, 0.05) is 0 Å². The van der Waals surface area contributed by atoms with E-state index in [1.165, 1.54) is 12.1 Å². The predicted octanol–water partition coefficient (Wildman–Crippen LogP) is 4.46. The monoisotopic (exact) mass is 400 g/mol. The van der Waals surface area contributed by atoms with E-state index >= 15 is 0 Å². The van der Waals surface area contributed by atoms with Crippen molar-refractivity contribution in [3.8, 4) is 6.07 Å². The number of hydrogen-bond donors (Lipinski definition) is 1. The van der Waals surface area contributed by atoms with Gasteiger partial charge in [-0.05, 0) is 26.0 Å². The van der Waals surface area contributed by atoms with E-state index in [9.17, 15) is 10.1 Å². The topological polar surface area (TPSA) is 101 Å². The molecule has 7 nitrogen and oxygen atoms in total. The standard InChI is InChI=1S/C15H11Cl3N4O3/c1-3-24-15(23)13-7(2)22-25-14(13)12(6-19)21-20-11-5-9(17)8(16)4-10(11)18/h4-5,20H,3H2,1-2H3/b21-12+. The van der Waals surface area contributed by atoms with E-state index in [2.05, 4.69) is 15.7 Å². The van der Waals surface area contributed by atoms with Crippen molar-refractivity contribution in [1.29, 1.82) is 5.26 Å². The van der Waals surface area contributed by atoms with Gasteiger partial charge in [0.15, 0.2) is 0 Å². The SMILES string of the molecule is CCOC(=O)c1c(C)noc1/C(C#N)=N/Nc1cc(Cl)c(Cl)cc1Cl. The Balaban J connectivity index is 2.38. The highest BCUT2D eigenvalue weighted by Crippen LogP contribution is 2.32. The minimum absolute atomic E-state index is 0.0317. The van der Waals surface area contributed by atoms with Gasteiger partial charge in [-0.15, -0.1) is 0 Å². The number of nitrogens with one attached hydrogen (secondary N) is 1. The van der Waals surface area contributed by atoms with Crippen LogP contribution in [0.1, 0.15) is 28.7 Å². The van der Waals surface area contributed by atoms with Crippen molar-refractivity contribution >= 4 is 52.2 Å². The number of halogens is 3. The quantitative estimate of drug-likeness (QED) is 0.343. The maximum absolute atomic E-state index is 12.0. The number of hydrazone groups is 1. The molecule has 0 aliphatic heterocycles. The number of carbonyl (C=O) groups excluding carboxylic acids is 1. The van der Waals surface area contributed by atoms with Gasteiger partial charge >= 0.3 is 5.97 Å². The van der Waals surface area contributed by atoms with Gasteiger partial charge in [0.1, 0.15) is 11.6 Å². The number of aryl methyl sites for hydroxylation is 1. The van der Waals surface area contributed by atoms with Crippen LogP contribution in [-0.4, -0.2) is 23.4 Å². The first-order valence-corrected chi connectivity index (χ1v) is 8.04. The van der Waals surface area contributed by atoms with E-state index in [0.717, 1.165) is 0 Å². The lowest BCUT2D eigenvalue weighted by molar-refractivity contribution is 0.0524. The van der Waals surface area contributed by atoms with E-state index < -0.39 is 5.97 Å². The third kappa shape index (κ3) is 4.23. The van der Waals surface area contributed by atoms with Gasteiger partial charge < -0.3 is 9.26 Å². The van der Waals surface area contributed by atoms with Crippen molar-refractivity contribution in [3.63, 3.8) is 0 Å². The van der Waals surface area contributed by atoms with Crippen LogP contribution in [0.25, 0.3) is 0 Å². The summed E-state index contributed by atoms with van der Waals surface area (Å²) < 4.78 is 9.99. The highest BCUT2D eigenvalue weighted by Gasteiger charge is 2.25. The Morgan fingerprint density at radius 1 is 1.36 bits per heavy atom. The Morgan fingerprint density at radius 3 is 2.68 bits per heavy atom. The van der Waals surface area contributed by atoms with E-state index in [0.29, 0.717) is 5.69 Å². The molecule has 10 heteroatoms. The lowest BCUT2D eigenvalue weighted by Crippen LogP contribution is -2.11. The van der Waals surface area contributed by atoms with Crippen molar-refractivity contribution in [2.24, 2.45) is 5.10 Å². The summed E-state index contributed by atoms with van der Waals surface area (Å²) in [5, 5.41) is 17.7. The number of rotatable bonds is 5. The van der Waals surface area contributed by atoms with E-state index in [1.54, 1.807) is 13.8 Å². The van der Waals surface area contributed by atoms with Crippen LogP contribution < -0.4 is 5.43 Å². The molecule has 0 radical (unpaired) electrons. The van der Waals surface area contributed by atoms with Crippen LogP contribution in [0, 0.1) is 18.3 Å². The molecule has 0 unspecified atom stereocenters. The summed E-state index contributed by atoms with van der Waals surface area (Å²) >= 11 is 17.8. The van der Waals surface area contributed by atoms with Crippen LogP contribution in [0.2, 0.25) is 15.1 Å². The summed E-state index contributed by atoms with van der Waals surface area (Å²) in [6, 6.07) is 4.70. The van der Waals surface area contributed by atoms with Crippen LogP contribution in [0.4, 0.5) is 5.69 Å². The molecule has 0 aliphatic carbocycles. The van der Waals surface area contributed by atoms with E-state index in [4.69, 9.17) is 44.1 Å². The largest absolute Gasteiger partial charge is 0.462 e. The second kappa shape index (κ2) is 8.21. The van der Waals surface area contributed by atoms with Crippen molar-refractivity contribution < 1.29 is 14.1 Å². The lowest BCUT2D eigenvalue weighted by Gasteiger charge is -2.06. The Kier molecular flexibility index (Phi) is 6.26. The fraction of sp³-hybridized carbons (Fsp3) is 0.200. The number of ether oxygens (including phenoxy) is 1. The third-order valence-electron chi connectivity index (χ3n) is 2.96. The molecule has 0 saturated heterocycles. The first-order valence-electron chi connectivity index (χ1n) is 6.91. The maximum Gasteiger partial charge on any atom is 0.344 e. The van der Waals surface area contributed by atoms with Gasteiger partial charge in [-0.25, -0.2) is 4.79 Å². The molecule has 0 bridgehead atoms. The first-order chi connectivity index (χ1) is 11.9. The molecule has 0 atom stereocenters. The molecule has 0 saturated carbocycles. The summed E-state index contributed by atoms with van der Waals surface area (Å²) in [7, 11) is 0. The summed E-state index contributed by atoms with van der Waals surface area (Å²) in [4.78, 5) is 12.0. The second-order valence-corrected chi connectivity index (χ2v) is 5.84. The molecular weight excluding hydrogens is 391 g/mol. The van der Waals surface area contributed by atoms with Gasteiger partial charge in [-0.3, -0.25) is 5.43 Å². The van der Waals surface area contributed by atoms with Crippen molar-refractivity contribution in [2.75, 3.05) is 12.0 Å². The summed E-state index contributed by atoms with van der Waals surface area (Å²) in [5.74, 6) is -0.770. The third-order valence-corrected chi connectivity index (χ3v) is 4.00. The Bertz CT molecular complexity index is 887. The molecule has 2 aromatic rings. The minimum atomic E-state index is -0.660. The van der Waals surface area contributed by atoms with Crippen LogP contribution in [0.3, 0.4) is 0 Å². The zero-order valence-electron chi connectivity index (χ0n) is 13.1. The fourth-order valence-corrected chi connectivity index (χ4v) is 2.42. The average Bonchev–Trinajstić information content (AvgIpc) is 2.94. The van der Waals surface area contributed by atoms with Crippen molar-refractivity contribution in [2.45, 2.75) is 13.8 Å². The van der Waals surface area contributed by atoms with E-state index in [1.807, 2.05) is 6.07 Å². The summed E-state index contributed by atoms with van der Waals surface area (Å²) in [6.07, 6.45) is 0. The van der Waals surface area contributed by atoms with Gasteiger partial charge in [-0.2, -0.15) is 10.4 Å². The lowest BCUT2D eigenvalue weighted by atomic mass is 10.1. The molecule has 0 spiro atoms. The van der Waals surface area contributed by atoms with Crippen LogP contribution in [0.5, 0.6) is 0 Å². The summed E-state index contributed by atoms with van der Waals surface area (Å²) in [6.45, 7) is 3.38.